The van der Waals surface area contributed by atoms with Crippen molar-refractivity contribution in [1.82, 2.24) is 0 Å². The molecule has 0 aliphatic carbocycles. The smallest absolute Gasteiger partial charge is 0.347 e. The van der Waals surface area contributed by atoms with E-state index in [1.54, 1.807) is 30.3 Å². The summed E-state index contributed by atoms with van der Waals surface area (Å²) < 4.78 is 11.7. The Kier molecular flexibility index (Phi) is 6.58. The molecule has 132 valence electrons. The highest BCUT2D eigenvalue weighted by molar-refractivity contribution is 9.10. The molecule has 2 aromatic carbocycles. The fraction of sp³-hybridized carbons (Fsp3) is 0.263. The predicted molar refractivity (Wildman–Crippen MR) is 97.5 cm³/mol. The minimum atomic E-state index is -1.16. The highest BCUT2D eigenvalue weighted by Gasteiger charge is 2.19. The molecule has 0 atom stereocenters. The Labute approximate surface area is 154 Å². The zero-order chi connectivity index (χ0) is 18.4. The molecule has 25 heavy (non-hydrogen) atoms. The van der Waals surface area contributed by atoms with Crippen LogP contribution in [0.1, 0.15) is 41.0 Å². The van der Waals surface area contributed by atoms with Crippen LogP contribution in [0.2, 0.25) is 0 Å². The lowest BCUT2D eigenvalue weighted by Crippen LogP contribution is -2.14. The van der Waals surface area contributed by atoms with Gasteiger partial charge in [0.1, 0.15) is 22.6 Å². The summed E-state index contributed by atoms with van der Waals surface area (Å²) in [5.41, 5.74) is 0.159. The van der Waals surface area contributed by atoms with E-state index >= 15 is 0 Å². The molecule has 5 nitrogen and oxygen atoms in total. The van der Waals surface area contributed by atoms with Gasteiger partial charge in [0.25, 0.3) is 0 Å². The van der Waals surface area contributed by atoms with Crippen LogP contribution in [-0.4, -0.2) is 23.7 Å². The van der Waals surface area contributed by atoms with Gasteiger partial charge in [-0.05, 0) is 42.7 Å². The standard InChI is InChI=1S/C19H19BrO5/c1-12(2)9-10-24-16-8-7-13(20)11-15(16)19(23)25-17-6-4-3-5-14(17)18(21)22/h3-8,11-12H,9-10H2,1-2H3,(H,21,22). The molecule has 0 aliphatic heterocycles. The van der Waals surface area contributed by atoms with Gasteiger partial charge in [0.15, 0.2) is 0 Å². The number of carbonyl (C=O) groups excluding carboxylic acids is 1. The summed E-state index contributed by atoms with van der Waals surface area (Å²) in [6.45, 7) is 4.65. The van der Waals surface area contributed by atoms with Gasteiger partial charge < -0.3 is 14.6 Å². The highest BCUT2D eigenvalue weighted by atomic mass is 79.9. The molecule has 2 rings (SSSR count). The first-order valence-corrected chi connectivity index (χ1v) is 8.64. The largest absolute Gasteiger partial charge is 0.493 e. The third-order valence-corrected chi connectivity index (χ3v) is 3.93. The predicted octanol–water partition coefficient (Wildman–Crippen LogP) is 4.79. The van der Waals surface area contributed by atoms with E-state index in [4.69, 9.17) is 9.47 Å². The molecule has 1 N–H and O–H groups in total. The number of benzene rings is 2. The average Bonchev–Trinajstić information content (AvgIpc) is 2.56. The first-order valence-electron chi connectivity index (χ1n) is 7.85. The van der Waals surface area contributed by atoms with Crippen LogP contribution < -0.4 is 9.47 Å². The van der Waals surface area contributed by atoms with E-state index in [0.29, 0.717) is 22.7 Å². The van der Waals surface area contributed by atoms with E-state index in [0.717, 1.165) is 6.42 Å². The Morgan fingerprint density at radius 3 is 2.48 bits per heavy atom. The van der Waals surface area contributed by atoms with Crippen LogP contribution in [0, 0.1) is 5.92 Å². The molecule has 0 heterocycles. The quantitative estimate of drug-likeness (QED) is 0.528. The van der Waals surface area contributed by atoms with Gasteiger partial charge in [0, 0.05) is 4.47 Å². The number of rotatable bonds is 7. The molecule has 0 radical (unpaired) electrons. The van der Waals surface area contributed by atoms with Crippen LogP contribution >= 0.6 is 15.9 Å². The minimum Gasteiger partial charge on any atom is -0.493 e. The van der Waals surface area contributed by atoms with Crippen molar-refractivity contribution >= 4 is 27.9 Å². The van der Waals surface area contributed by atoms with Crippen molar-refractivity contribution in [3.05, 3.63) is 58.1 Å². The van der Waals surface area contributed by atoms with Crippen LogP contribution in [0.15, 0.2) is 46.9 Å². The minimum absolute atomic E-state index is 0.00638. The summed E-state index contributed by atoms with van der Waals surface area (Å²) in [5.74, 6) is -0.955. The molecule has 0 fully saturated rings. The maximum Gasteiger partial charge on any atom is 0.347 e. The molecule has 2 aromatic rings. The van der Waals surface area contributed by atoms with Crippen molar-refractivity contribution in [3.63, 3.8) is 0 Å². The lowest BCUT2D eigenvalue weighted by Gasteiger charge is -2.13. The number of aromatic carboxylic acids is 1. The van der Waals surface area contributed by atoms with E-state index in [-0.39, 0.29) is 16.9 Å². The number of ether oxygens (including phenoxy) is 2. The second kappa shape index (κ2) is 8.67. The Morgan fingerprint density at radius 1 is 1.08 bits per heavy atom. The number of para-hydroxylation sites is 1. The van der Waals surface area contributed by atoms with Crippen LogP contribution in [0.25, 0.3) is 0 Å². The number of halogens is 1. The molecule has 0 saturated carbocycles. The van der Waals surface area contributed by atoms with Gasteiger partial charge in [0.2, 0.25) is 0 Å². The van der Waals surface area contributed by atoms with Gasteiger partial charge in [0.05, 0.1) is 6.61 Å². The molecule has 0 amide bonds. The van der Waals surface area contributed by atoms with Crippen molar-refractivity contribution in [2.45, 2.75) is 20.3 Å². The topological polar surface area (TPSA) is 72.8 Å². The van der Waals surface area contributed by atoms with Gasteiger partial charge in [-0.1, -0.05) is 41.9 Å². The number of esters is 1. The van der Waals surface area contributed by atoms with Crippen LogP contribution in [-0.2, 0) is 0 Å². The average molecular weight is 407 g/mol. The first kappa shape index (κ1) is 19.0. The van der Waals surface area contributed by atoms with Crippen LogP contribution in [0.5, 0.6) is 11.5 Å². The molecule has 0 unspecified atom stereocenters. The molecule has 6 heteroatoms. The Morgan fingerprint density at radius 2 is 1.80 bits per heavy atom. The zero-order valence-corrected chi connectivity index (χ0v) is 15.6. The van der Waals surface area contributed by atoms with Crippen molar-refractivity contribution in [2.24, 2.45) is 5.92 Å². The SMILES string of the molecule is CC(C)CCOc1ccc(Br)cc1C(=O)Oc1ccccc1C(=O)O. The molecule has 0 spiro atoms. The van der Waals surface area contributed by atoms with E-state index < -0.39 is 11.9 Å². The van der Waals surface area contributed by atoms with E-state index in [2.05, 4.69) is 29.8 Å². The third-order valence-electron chi connectivity index (χ3n) is 3.43. The summed E-state index contributed by atoms with van der Waals surface area (Å²) >= 11 is 3.32. The van der Waals surface area contributed by atoms with Gasteiger partial charge in [-0.25, -0.2) is 9.59 Å². The molecular formula is C19H19BrO5. The second-order valence-corrected chi connectivity index (χ2v) is 6.78. The summed E-state index contributed by atoms with van der Waals surface area (Å²) in [6.07, 6.45) is 0.854. The number of carboxylic acid groups (broad SMARTS) is 1. The Bertz CT molecular complexity index is 770. The summed E-state index contributed by atoms with van der Waals surface area (Å²) in [5, 5.41) is 9.19. The number of carbonyl (C=O) groups is 2. The van der Waals surface area contributed by atoms with Crippen molar-refractivity contribution < 1.29 is 24.2 Å². The molecule has 0 aliphatic rings. The fourth-order valence-electron chi connectivity index (χ4n) is 2.08. The van der Waals surface area contributed by atoms with E-state index in [1.165, 1.54) is 12.1 Å². The zero-order valence-electron chi connectivity index (χ0n) is 14.0. The van der Waals surface area contributed by atoms with Crippen molar-refractivity contribution in [2.75, 3.05) is 6.61 Å². The lowest BCUT2D eigenvalue weighted by atomic mass is 10.1. The van der Waals surface area contributed by atoms with E-state index in [9.17, 15) is 14.7 Å². The monoisotopic (exact) mass is 406 g/mol. The molecule has 0 bridgehead atoms. The van der Waals surface area contributed by atoms with Crippen molar-refractivity contribution in [1.29, 1.82) is 0 Å². The van der Waals surface area contributed by atoms with Crippen LogP contribution in [0.3, 0.4) is 0 Å². The first-order chi connectivity index (χ1) is 11.9. The maximum atomic E-state index is 12.5. The summed E-state index contributed by atoms with van der Waals surface area (Å²) in [7, 11) is 0. The fourth-order valence-corrected chi connectivity index (χ4v) is 2.44. The second-order valence-electron chi connectivity index (χ2n) is 5.86. The van der Waals surface area contributed by atoms with Crippen LogP contribution in [0.4, 0.5) is 0 Å². The van der Waals surface area contributed by atoms with E-state index in [1.807, 2.05) is 0 Å². The highest BCUT2D eigenvalue weighted by Crippen LogP contribution is 2.26. The number of carboxylic acids is 1. The Hall–Kier alpha value is -2.34. The maximum absolute atomic E-state index is 12.5. The van der Waals surface area contributed by atoms with Crippen molar-refractivity contribution in [3.8, 4) is 11.5 Å². The number of hydrogen-bond donors (Lipinski definition) is 1. The lowest BCUT2D eigenvalue weighted by molar-refractivity contribution is 0.0680. The summed E-state index contributed by atoms with van der Waals surface area (Å²) in [6, 6.07) is 11.0. The Balaban J connectivity index is 2.24. The van der Waals surface area contributed by atoms with Gasteiger partial charge >= 0.3 is 11.9 Å². The molecular weight excluding hydrogens is 388 g/mol. The normalized spacial score (nSPS) is 10.6. The van der Waals surface area contributed by atoms with Gasteiger partial charge in [-0.15, -0.1) is 0 Å². The van der Waals surface area contributed by atoms with Gasteiger partial charge in [-0.2, -0.15) is 0 Å². The van der Waals surface area contributed by atoms with Gasteiger partial charge in [-0.3, -0.25) is 0 Å². The summed E-state index contributed by atoms with van der Waals surface area (Å²) in [4.78, 5) is 23.8. The third kappa shape index (κ3) is 5.32. The molecule has 0 aromatic heterocycles. The number of hydrogen-bond acceptors (Lipinski definition) is 4. The molecule has 0 saturated heterocycles.